The van der Waals surface area contributed by atoms with Crippen molar-refractivity contribution in [1.29, 1.82) is 0 Å². The van der Waals surface area contributed by atoms with Gasteiger partial charge in [0, 0.05) is 0 Å². The SMILES string of the molecule is C=CC[C@@H](C=C)C1CCCCC1. The van der Waals surface area contributed by atoms with Crippen molar-refractivity contribution in [2.24, 2.45) is 11.8 Å². The Morgan fingerprint density at radius 3 is 2.33 bits per heavy atom. The quantitative estimate of drug-likeness (QED) is 0.552. The highest BCUT2D eigenvalue weighted by Gasteiger charge is 2.19. The van der Waals surface area contributed by atoms with Gasteiger partial charge in [-0.2, -0.15) is 0 Å². The van der Waals surface area contributed by atoms with E-state index in [9.17, 15) is 0 Å². The van der Waals surface area contributed by atoms with Crippen molar-refractivity contribution in [3.8, 4) is 0 Å². The van der Waals surface area contributed by atoms with Crippen molar-refractivity contribution in [3.05, 3.63) is 25.3 Å². The fourth-order valence-corrected chi connectivity index (χ4v) is 2.24. The lowest BCUT2D eigenvalue weighted by Gasteiger charge is -2.27. The van der Waals surface area contributed by atoms with Gasteiger partial charge in [-0.05, 0) is 31.1 Å². The third kappa shape index (κ3) is 2.51. The molecule has 0 nitrogen and oxygen atoms in total. The summed E-state index contributed by atoms with van der Waals surface area (Å²) in [7, 11) is 0. The largest absolute Gasteiger partial charge is 0.103 e. The molecule has 1 aliphatic carbocycles. The topological polar surface area (TPSA) is 0 Å². The Balaban J connectivity index is 2.39. The first-order chi connectivity index (χ1) is 5.88. The fourth-order valence-electron chi connectivity index (χ4n) is 2.24. The number of rotatable bonds is 4. The minimum Gasteiger partial charge on any atom is -0.103 e. The third-order valence-corrected chi connectivity index (χ3v) is 3.00. The lowest BCUT2D eigenvalue weighted by Crippen LogP contribution is -2.15. The van der Waals surface area contributed by atoms with Gasteiger partial charge in [-0.15, -0.1) is 13.2 Å². The monoisotopic (exact) mass is 164 g/mol. The van der Waals surface area contributed by atoms with Crippen LogP contribution in [0.2, 0.25) is 0 Å². The smallest absolute Gasteiger partial charge is 0.0173 e. The van der Waals surface area contributed by atoms with Crippen LogP contribution in [0, 0.1) is 11.8 Å². The van der Waals surface area contributed by atoms with Gasteiger partial charge in [0.1, 0.15) is 0 Å². The first kappa shape index (κ1) is 9.57. The summed E-state index contributed by atoms with van der Waals surface area (Å²) in [5, 5.41) is 0. The van der Waals surface area contributed by atoms with E-state index in [2.05, 4.69) is 19.2 Å². The van der Waals surface area contributed by atoms with Crippen LogP contribution in [-0.4, -0.2) is 0 Å². The summed E-state index contributed by atoms with van der Waals surface area (Å²) >= 11 is 0. The molecule has 1 fully saturated rings. The van der Waals surface area contributed by atoms with Gasteiger partial charge >= 0.3 is 0 Å². The van der Waals surface area contributed by atoms with Crippen molar-refractivity contribution >= 4 is 0 Å². The van der Waals surface area contributed by atoms with E-state index < -0.39 is 0 Å². The van der Waals surface area contributed by atoms with Gasteiger partial charge in [0.05, 0.1) is 0 Å². The van der Waals surface area contributed by atoms with Crippen LogP contribution in [0.1, 0.15) is 38.5 Å². The molecule has 1 saturated carbocycles. The maximum atomic E-state index is 3.91. The van der Waals surface area contributed by atoms with E-state index in [0.29, 0.717) is 5.92 Å². The van der Waals surface area contributed by atoms with Crippen molar-refractivity contribution in [1.82, 2.24) is 0 Å². The van der Waals surface area contributed by atoms with Gasteiger partial charge in [0.15, 0.2) is 0 Å². The Morgan fingerprint density at radius 1 is 1.17 bits per heavy atom. The van der Waals surface area contributed by atoms with E-state index in [1.54, 1.807) is 0 Å². The summed E-state index contributed by atoms with van der Waals surface area (Å²) in [5.74, 6) is 1.59. The minimum atomic E-state index is 0.697. The minimum absolute atomic E-state index is 0.697. The summed E-state index contributed by atoms with van der Waals surface area (Å²) in [5.41, 5.74) is 0. The van der Waals surface area contributed by atoms with Crippen molar-refractivity contribution in [2.75, 3.05) is 0 Å². The van der Waals surface area contributed by atoms with Crippen LogP contribution >= 0.6 is 0 Å². The van der Waals surface area contributed by atoms with E-state index in [1.165, 1.54) is 32.1 Å². The van der Waals surface area contributed by atoms with Crippen molar-refractivity contribution in [2.45, 2.75) is 38.5 Å². The molecule has 0 N–H and O–H groups in total. The molecule has 0 heteroatoms. The first-order valence-corrected chi connectivity index (χ1v) is 5.12. The van der Waals surface area contributed by atoms with Gasteiger partial charge in [-0.1, -0.05) is 31.4 Å². The molecule has 12 heavy (non-hydrogen) atoms. The van der Waals surface area contributed by atoms with E-state index in [-0.39, 0.29) is 0 Å². The van der Waals surface area contributed by atoms with Crippen LogP contribution in [0.15, 0.2) is 25.3 Å². The molecule has 1 atom stereocenters. The van der Waals surface area contributed by atoms with Crippen LogP contribution in [0.4, 0.5) is 0 Å². The zero-order valence-corrected chi connectivity index (χ0v) is 7.97. The predicted molar refractivity (Wildman–Crippen MR) is 55.1 cm³/mol. The summed E-state index contributed by atoms with van der Waals surface area (Å²) < 4.78 is 0. The van der Waals surface area contributed by atoms with E-state index in [4.69, 9.17) is 0 Å². The molecular weight excluding hydrogens is 144 g/mol. The van der Waals surface area contributed by atoms with E-state index in [1.807, 2.05) is 6.08 Å². The molecule has 0 aromatic rings. The molecule has 0 heterocycles. The average molecular weight is 164 g/mol. The average Bonchev–Trinajstić information content (AvgIpc) is 2.15. The van der Waals surface area contributed by atoms with Crippen LogP contribution in [-0.2, 0) is 0 Å². The van der Waals surface area contributed by atoms with Crippen LogP contribution in [0.5, 0.6) is 0 Å². The van der Waals surface area contributed by atoms with Gasteiger partial charge in [0.2, 0.25) is 0 Å². The Morgan fingerprint density at radius 2 is 1.83 bits per heavy atom. The molecule has 1 rings (SSSR count). The molecule has 0 spiro atoms. The van der Waals surface area contributed by atoms with Crippen LogP contribution < -0.4 is 0 Å². The Labute approximate surface area is 76.4 Å². The van der Waals surface area contributed by atoms with E-state index in [0.717, 1.165) is 12.3 Å². The Bertz CT molecular complexity index is 140. The summed E-state index contributed by atoms with van der Waals surface area (Å²) in [6, 6.07) is 0. The lowest BCUT2D eigenvalue weighted by molar-refractivity contribution is 0.287. The van der Waals surface area contributed by atoms with Gasteiger partial charge < -0.3 is 0 Å². The van der Waals surface area contributed by atoms with E-state index >= 15 is 0 Å². The summed E-state index contributed by atoms with van der Waals surface area (Å²) in [6.45, 7) is 7.70. The molecule has 0 aromatic heterocycles. The molecule has 0 bridgehead atoms. The molecule has 68 valence electrons. The number of hydrogen-bond donors (Lipinski definition) is 0. The number of hydrogen-bond acceptors (Lipinski definition) is 0. The molecule has 1 aliphatic rings. The predicted octanol–water partition coefficient (Wildman–Crippen LogP) is 3.95. The standard InChI is InChI=1S/C12H20/c1-3-8-11(4-2)12-9-6-5-7-10-12/h3-4,11-12H,1-2,5-10H2/t11-/m1/s1. The Hall–Kier alpha value is -0.520. The summed E-state index contributed by atoms with van der Waals surface area (Å²) in [4.78, 5) is 0. The second-order valence-electron chi connectivity index (χ2n) is 3.82. The first-order valence-electron chi connectivity index (χ1n) is 5.12. The molecule has 0 radical (unpaired) electrons. The maximum absolute atomic E-state index is 3.91. The zero-order valence-electron chi connectivity index (χ0n) is 7.97. The fraction of sp³-hybridized carbons (Fsp3) is 0.667. The van der Waals surface area contributed by atoms with Crippen LogP contribution in [0.3, 0.4) is 0 Å². The molecular formula is C12H20. The second-order valence-corrected chi connectivity index (χ2v) is 3.82. The second kappa shape index (κ2) is 5.18. The van der Waals surface area contributed by atoms with Crippen LogP contribution in [0.25, 0.3) is 0 Å². The maximum Gasteiger partial charge on any atom is -0.0173 e. The normalized spacial score (nSPS) is 21.7. The molecule has 0 unspecified atom stereocenters. The molecule has 0 aromatic carbocycles. The highest BCUT2D eigenvalue weighted by atomic mass is 14.2. The third-order valence-electron chi connectivity index (χ3n) is 3.00. The zero-order chi connectivity index (χ0) is 8.81. The lowest BCUT2D eigenvalue weighted by atomic mass is 9.79. The highest BCUT2D eigenvalue weighted by Crippen LogP contribution is 2.32. The van der Waals surface area contributed by atoms with Gasteiger partial charge in [-0.25, -0.2) is 0 Å². The number of allylic oxidation sites excluding steroid dienone is 2. The highest BCUT2D eigenvalue weighted by molar-refractivity contribution is 4.90. The Kier molecular flexibility index (Phi) is 4.13. The van der Waals surface area contributed by atoms with Crippen molar-refractivity contribution in [3.63, 3.8) is 0 Å². The molecule has 0 aliphatic heterocycles. The molecule has 0 amide bonds. The van der Waals surface area contributed by atoms with Gasteiger partial charge in [0.25, 0.3) is 0 Å². The van der Waals surface area contributed by atoms with Gasteiger partial charge in [-0.3, -0.25) is 0 Å². The summed E-state index contributed by atoms with van der Waals surface area (Å²) in [6.07, 6.45) is 12.4. The van der Waals surface area contributed by atoms with Crippen molar-refractivity contribution < 1.29 is 0 Å². The molecule has 0 saturated heterocycles.